The number of hydrogen-bond acceptors (Lipinski definition) is 7. The lowest BCUT2D eigenvalue weighted by Crippen LogP contribution is -2.44. The van der Waals surface area contributed by atoms with Crippen LogP contribution in [-0.4, -0.2) is 64.5 Å². The second-order valence-electron chi connectivity index (χ2n) is 6.01. The maximum absolute atomic E-state index is 13.7. The molecule has 1 rings (SSSR count). The van der Waals surface area contributed by atoms with Crippen molar-refractivity contribution >= 4 is 57.5 Å². The highest BCUT2D eigenvalue weighted by molar-refractivity contribution is 7.90. The molecule has 2 unspecified atom stereocenters. The average Bonchev–Trinajstić information content (AvgIpc) is 2.67. The van der Waals surface area contributed by atoms with Gasteiger partial charge < -0.3 is 20.1 Å². The quantitative estimate of drug-likeness (QED) is 0.268. The first-order chi connectivity index (χ1) is 13.6. The molecule has 1 amide bonds. The number of carbonyl (C=O) groups is 2. The van der Waals surface area contributed by atoms with E-state index in [9.17, 15) is 22.4 Å². The van der Waals surface area contributed by atoms with E-state index in [1.165, 1.54) is 24.3 Å². The van der Waals surface area contributed by atoms with Crippen molar-refractivity contribution in [1.82, 2.24) is 10.6 Å². The van der Waals surface area contributed by atoms with Crippen molar-refractivity contribution in [1.29, 1.82) is 0 Å². The first-order valence-corrected chi connectivity index (χ1v) is 11.3. The van der Waals surface area contributed by atoms with Crippen molar-refractivity contribution in [3.8, 4) is 0 Å². The number of carbonyl (C=O) groups excluding carboxylic acids is 2. The lowest BCUT2D eigenvalue weighted by Gasteiger charge is -2.26. The summed E-state index contributed by atoms with van der Waals surface area (Å²) in [5.41, 5.74) is 0.244. The van der Waals surface area contributed by atoms with E-state index in [1.54, 1.807) is 7.05 Å². The molecule has 0 aromatic heterocycles. The fourth-order valence-corrected chi connectivity index (χ4v) is 3.03. The lowest BCUT2D eigenvalue weighted by atomic mass is 10.0. The first kappa shape index (κ1) is 28.7. The van der Waals surface area contributed by atoms with E-state index in [1.807, 2.05) is 0 Å². The Morgan fingerprint density at radius 1 is 1.20 bits per heavy atom. The molecule has 1 aromatic rings. The molecule has 0 saturated carbocycles. The Hall–Kier alpha value is -1.33. The van der Waals surface area contributed by atoms with Gasteiger partial charge in [0, 0.05) is 6.26 Å². The van der Waals surface area contributed by atoms with Crippen LogP contribution in [0.25, 0.3) is 0 Å². The Bertz CT molecular complexity index is 780. The third-order valence-electron chi connectivity index (χ3n) is 3.71. The van der Waals surface area contributed by atoms with E-state index in [0.29, 0.717) is 13.0 Å². The van der Waals surface area contributed by atoms with Crippen molar-refractivity contribution in [2.75, 3.05) is 33.1 Å². The molecular weight excluding hydrogens is 486 g/mol. The molecule has 172 valence electrons. The van der Waals surface area contributed by atoms with Crippen molar-refractivity contribution < 1.29 is 31.9 Å². The zero-order valence-electron chi connectivity index (χ0n) is 16.3. The first-order valence-electron chi connectivity index (χ1n) is 8.52. The molecule has 8 nitrogen and oxygen atoms in total. The minimum Gasteiger partial charge on any atom is -0.434 e. The predicted octanol–water partition coefficient (Wildman–Crippen LogP) is 2.57. The highest BCUT2D eigenvalue weighted by Crippen LogP contribution is 2.25. The summed E-state index contributed by atoms with van der Waals surface area (Å²) >= 11 is 11.0. The van der Waals surface area contributed by atoms with Crippen LogP contribution in [-0.2, 0) is 24.1 Å². The van der Waals surface area contributed by atoms with Crippen LogP contribution in [0.15, 0.2) is 29.2 Å². The van der Waals surface area contributed by atoms with Gasteiger partial charge in [0.1, 0.15) is 6.67 Å². The molecule has 0 heterocycles. The van der Waals surface area contributed by atoms with E-state index >= 15 is 0 Å². The standard InChI is InChI=1S/C17H23Cl2FN2O6S.ClH/c1-21-8-3-9-27-17(24)28-14(13(10-20)22-16(23)15(18)19)11-4-6-12(7-5-11)29(2,25)26;/h4-7,13-15,21H,3,8-10H2,1-2H3,(H,22,23);1H. The third-order valence-corrected chi connectivity index (χ3v) is 5.23. The topological polar surface area (TPSA) is 111 Å². The summed E-state index contributed by atoms with van der Waals surface area (Å²) in [6.07, 6.45) is -0.812. The number of halogens is 4. The van der Waals surface area contributed by atoms with Crippen LogP contribution in [0, 0.1) is 0 Å². The molecule has 0 aliphatic heterocycles. The second kappa shape index (κ2) is 13.9. The smallest absolute Gasteiger partial charge is 0.434 e. The Morgan fingerprint density at radius 2 is 1.80 bits per heavy atom. The van der Waals surface area contributed by atoms with E-state index < -0.39 is 45.6 Å². The van der Waals surface area contributed by atoms with Crippen LogP contribution in [0.3, 0.4) is 0 Å². The maximum atomic E-state index is 13.7. The Balaban J connectivity index is 0.00000841. The molecule has 13 heteroatoms. The summed E-state index contributed by atoms with van der Waals surface area (Å²) in [7, 11) is -1.72. The molecular formula is C17H24Cl3FN2O6S. The summed E-state index contributed by atoms with van der Waals surface area (Å²) in [6.45, 7) is -0.436. The lowest BCUT2D eigenvalue weighted by molar-refractivity contribution is -0.121. The van der Waals surface area contributed by atoms with Gasteiger partial charge in [0.25, 0.3) is 5.91 Å². The average molecular weight is 510 g/mol. The van der Waals surface area contributed by atoms with Crippen molar-refractivity contribution in [3.63, 3.8) is 0 Å². The number of hydrogen-bond donors (Lipinski definition) is 2. The Kier molecular flexibility index (Phi) is 13.3. The van der Waals surface area contributed by atoms with Crippen LogP contribution in [0.4, 0.5) is 9.18 Å². The van der Waals surface area contributed by atoms with Crippen molar-refractivity contribution in [3.05, 3.63) is 29.8 Å². The molecule has 0 spiro atoms. The maximum Gasteiger partial charge on any atom is 0.508 e. The van der Waals surface area contributed by atoms with Crippen LogP contribution < -0.4 is 10.6 Å². The summed E-state index contributed by atoms with van der Waals surface area (Å²) in [6, 6.07) is 3.94. The van der Waals surface area contributed by atoms with Crippen molar-refractivity contribution in [2.24, 2.45) is 0 Å². The van der Waals surface area contributed by atoms with Crippen molar-refractivity contribution in [2.45, 2.75) is 28.3 Å². The van der Waals surface area contributed by atoms with Gasteiger partial charge in [0.05, 0.1) is 17.5 Å². The monoisotopic (exact) mass is 508 g/mol. The molecule has 0 fully saturated rings. The van der Waals surface area contributed by atoms with E-state index in [0.717, 1.165) is 6.26 Å². The fraction of sp³-hybridized carbons (Fsp3) is 0.529. The van der Waals surface area contributed by atoms with Gasteiger partial charge in [0.2, 0.25) is 0 Å². The van der Waals surface area contributed by atoms with Gasteiger partial charge in [-0.15, -0.1) is 12.4 Å². The summed E-state index contributed by atoms with van der Waals surface area (Å²) in [5, 5.41) is 5.13. The predicted molar refractivity (Wildman–Crippen MR) is 114 cm³/mol. The summed E-state index contributed by atoms with van der Waals surface area (Å²) < 4.78 is 47.0. The van der Waals surface area contributed by atoms with Gasteiger partial charge in [-0.2, -0.15) is 0 Å². The van der Waals surface area contributed by atoms with E-state index in [4.69, 9.17) is 32.7 Å². The Labute approximate surface area is 191 Å². The molecule has 0 saturated heterocycles. The molecule has 2 N–H and O–H groups in total. The normalized spacial score (nSPS) is 13.1. The molecule has 0 bridgehead atoms. The Morgan fingerprint density at radius 3 is 2.27 bits per heavy atom. The zero-order chi connectivity index (χ0) is 22.0. The van der Waals surface area contributed by atoms with E-state index in [-0.39, 0.29) is 29.5 Å². The number of ether oxygens (including phenoxy) is 2. The van der Waals surface area contributed by atoms with E-state index in [2.05, 4.69) is 10.6 Å². The largest absolute Gasteiger partial charge is 0.508 e. The molecule has 0 aliphatic rings. The van der Waals surface area contributed by atoms with Gasteiger partial charge in [-0.1, -0.05) is 35.3 Å². The third kappa shape index (κ3) is 9.65. The molecule has 2 atom stereocenters. The number of nitrogens with one attached hydrogen (secondary N) is 2. The summed E-state index contributed by atoms with van der Waals surface area (Å²) in [4.78, 5) is 22.3. The molecule has 0 aliphatic carbocycles. The van der Waals surface area contributed by atoms with Crippen LogP contribution in [0.2, 0.25) is 0 Å². The van der Waals surface area contributed by atoms with Crippen LogP contribution in [0.5, 0.6) is 0 Å². The molecule has 0 radical (unpaired) electrons. The van der Waals surface area contributed by atoms with Gasteiger partial charge in [-0.3, -0.25) is 4.79 Å². The van der Waals surface area contributed by atoms with Gasteiger partial charge in [0.15, 0.2) is 20.8 Å². The van der Waals surface area contributed by atoms with Gasteiger partial charge in [-0.05, 0) is 37.7 Å². The number of sulfone groups is 1. The van der Waals surface area contributed by atoms with Crippen LogP contribution in [0.1, 0.15) is 18.1 Å². The highest BCUT2D eigenvalue weighted by Gasteiger charge is 2.31. The fourth-order valence-electron chi connectivity index (χ4n) is 2.27. The minimum atomic E-state index is -3.46. The second-order valence-corrected chi connectivity index (χ2v) is 9.12. The zero-order valence-corrected chi connectivity index (χ0v) is 19.4. The summed E-state index contributed by atoms with van der Waals surface area (Å²) in [5.74, 6) is -0.875. The number of rotatable bonds is 11. The van der Waals surface area contributed by atoms with Gasteiger partial charge >= 0.3 is 6.16 Å². The van der Waals surface area contributed by atoms with Crippen LogP contribution >= 0.6 is 35.6 Å². The number of benzene rings is 1. The highest BCUT2D eigenvalue weighted by atomic mass is 35.5. The molecule has 30 heavy (non-hydrogen) atoms. The molecule has 1 aromatic carbocycles. The minimum absolute atomic E-state index is 0. The number of alkyl halides is 3. The SMILES string of the molecule is CNCCCOC(=O)OC(c1ccc(S(C)(=O)=O)cc1)C(CF)NC(=O)C(Cl)Cl.Cl. The van der Waals surface area contributed by atoms with Gasteiger partial charge in [-0.25, -0.2) is 17.6 Å². The number of amides is 1.